The highest BCUT2D eigenvalue weighted by Gasteiger charge is 2.39. The van der Waals surface area contributed by atoms with E-state index < -0.39 is 60.3 Å². The van der Waals surface area contributed by atoms with Crippen LogP contribution in [0.4, 0.5) is 0 Å². The molecule has 1 heterocycles. The number of cyclic esters (lactones) is 1. The Labute approximate surface area is 263 Å². The third-order valence-electron chi connectivity index (χ3n) is 8.06. The molecule has 0 fully saturated rings. The maximum atomic E-state index is 13.3. The van der Waals surface area contributed by atoms with E-state index in [2.05, 4.69) is 31.1 Å². The van der Waals surface area contributed by atoms with E-state index in [1.807, 2.05) is 6.92 Å². The number of hydrogen-bond donors (Lipinski definition) is 4. The number of esters is 1. The van der Waals surface area contributed by atoms with Crippen LogP contribution in [-0.4, -0.2) is 71.4 Å². The van der Waals surface area contributed by atoms with E-state index in [0.717, 1.165) is 42.6 Å². The van der Waals surface area contributed by atoms with E-state index in [9.17, 15) is 29.1 Å². The molecule has 5 atom stereocenters. The second kappa shape index (κ2) is 20.7. The van der Waals surface area contributed by atoms with E-state index in [1.54, 1.807) is 6.92 Å². The summed E-state index contributed by atoms with van der Waals surface area (Å²) in [6, 6.07) is -1.82. The first-order valence-corrected chi connectivity index (χ1v) is 16.1. The molecule has 5 unspecified atom stereocenters. The number of likely N-dealkylation sites (N-methyl/N-ethyl adjacent to an activating group) is 1. The van der Waals surface area contributed by atoms with E-state index in [1.165, 1.54) is 58.1 Å². The van der Waals surface area contributed by atoms with Crippen molar-refractivity contribution in [1.29, 1.82) is 0 Å². The van der Waals surface area contributed by atoms with Crippen LogP contribution < -0.4 is 16.4 Å². The Morgan fingerprint density at radius 2 is 1.50 bits per heavy atom. The summed E-state index contributed by atoms with van der Waals surface area (Å²) in [5, 5.41) is 15.2. The number of ether oxygens (including phenoxy) is 1. The van der Waals surface area contributed by atoms with Gasteiger partial charge in [0.2, 0.25) is 23.6 Å². The van der Waals surface area contributed by atoms with Gasteiger partial charge in [0.1, 0.15) is 6.10 Å². The molecule has 5 N–H and O–H groups in total. The zero-order chi connectivity index (χ0) is 33.2. The second-order valence-electron chi connectivity index (χ2n) is 12.6. The summed E-state index contributed by atoms with van der Waals surface area (Å²) < 4.78 is 5.74. The van der Waals surface area contributed by atoms with Gasteiger partial charge >= 0.3 is 5.97 Å². The number of aliphatic hydroxyl groups excluding tert-OH is 1. The SMILES string of the molecule is C=C1C=CC(=O)N(C)CC(=O)NC(C(O)C(N)=O)C(=O)OC(C(C)CCCCCCCCCCCCC(C)C)C(C)C(=O)N1. The summed E-state index contributed by atoms with van der Waals surface area (Å²) in [6.45, 7) is 11.3. The van der Waals surface area contributed by atoms with Gasteiger partial charge in [-0.1, -0.05) is 105 Å². The molecule has 4 amide bonds. The number of nitrogens with zero attached hydrogens (tertiary/aromatic N) is 1. The summed E-state index contributed by atoms with van der Waals surface area (Å²) in [5.41, 5.74) is 5.38. The monoisotopic (exact) mass is 620 g/mol. The lowest BCUT2D eigenvalue weighted by Crippen LogP contribution is -2.57. The Hall–Kier alpha value is -3.21. The normalized spacial score (nSPS) is 22.1. The fourth-order valence-electron chi connectivity index (χ4n) is 5.22. The lowest BCUT2D eigenvalue weighted by Gasteiger charge is -2.31. The second-order valence-corrected chi connectivity index (χ2v) is 12.6. The number of carbonyl (C=O) groups excluding carboxylic acids is 5. The van der Waals surface area contributed by atoms with Crippen molar-refractivity contribution >= 4 is 29.6 Å². The Bertz CT molecular complexity index is 997. The van der Waals surface area contributed by atoms with Crippen LogP contribution in [0.1, 0.15) is 105 Å². The standard InChI is InChI=1S/C33H56N4O7/c1-22(2)17-15-13-11-9-7-8-10-12-14-16-18-23(3)30-25(5)32(42)35-24(4)19-20-27(39)37(6)21-26(38)36-28(33(43)44-30)29(40)31(34)41/h19-20,22-23,25,28-30,40H,4,7-18,21H2,1-3,5-6H3,(H2,34,41)(H,35,42)(H,36,38). The van der Waals surface area contributed by atoms with Gasteiger partial charge in [-0.3, -0.25) is 19.2 Å². The van der Waals surface area contributed by atoms with Crippen LogP contribution in [0.2, 0.25) is 0 Å². The lowest BCUT2D eigenvalue weighted by molar-refractivity contribution is -0.165. The number of unbranched alkanes of at least 4 members (excludes halogenated alkanes) is 9. The largest absolute Gasteiger partial charge is 0.460 e. The van der Waals surface area contributed by atoms with Gasteiger partial charge < -0.3 is 31.1 Å². The molecule has 44 heavy (non-hydrogen) atoms. The Morgan fingerprint density at radius 1 is 0.977 bits per heavy atom. The van der Waals surface area contributed by atoms with Gasteiger partial charge in [0.05, 0.1) is 12.5 Å². The van der Waals surface area contributed by atoms with Crippen LogP contribution in [0.25, 0.3) is 0 Å². The van der Waals surface area contributed by atoms with Crippen molar-refractivity contribution in [2.75, 3.05) is 13.6 Å². The molecule has 0 aromatic carbocycles. The molecule has 0 bridgehead atoms. The van der Waals surface area contributed by atoms with Crippen LogP contribution >= 0.6 is 0 Å². The molecule has 11 heteroatoms. The van der Waals surface area contributed by atoms with Gasteiger partial charge in [-0.15, -0.1) is 0 Å². The Balaban J connectivity index is 2.86. The summed E-state index contributed by atoms with van der Waals surface area (Å²) >= 11 is 0. The number of nitrogens with one attached hydrogen (secondary N) is 2. The van der Waals surface area contributed by atoms with Crippen molar-refractivity contribution in [3.63, 3.8) is 0 Å². The smallest absolute Gasteiger partial charge is 0.332 e. The molecular weight excluding hydrogens is 564 g/mol. The first-order chi connectivity index (χ1) is 20.7. The molecule has 1 rings (SSSR count). The Morgan fingerprint density at radius 3 is 2.02 bits per heavy atom. The van der Waals surface area contributed by atoms with E-state index in [4.69, 9.17) is 10.5 Å². The molecule has 0 aromatic rings. The lowest BCUT2D eigenvalue weighted by atomic mass is 9.88. The maximum Gasteiger partial charge on any atom is 0.332 e. The van der Waals surface area contributed by atoms with Gasteiger partial charge in [0.15, 0.2) is 12.1 Å². The van der Waals surface area contributed by atoms with Crippen LogP contribution in [0.15, 0.2) is 24.4 Å². The minimum Gasteiger partial charge on any atom is -0.460 e. The number of carbonyl (C=O) groups is 5. The zero-order valence-electron chi connectivity index (χ0n) is 27.4. The van der Waals surface area contributed by atoms with Crippen molar-refractivity contribution in [3.05, 3.63) is 24.4 Å². The van der Waals surface area contributed by atoms with Gasteiger partial charge in [-0.05, 0) is 24.3 Å². The third kappa shape index (κ3) is 15.0. The molecule has 0 saturated carbocycles. The first kappa shape index (κ1) is 38.8. The molecule has 1 aliphatic rings. The number of aliphatic hydroxyl groups is 1. The highest BCUT2D eigenvalue weighted by Crippen LogP contribution is 2.25. The molecule has 250 valence electrons. The van der Waals surface area contributed by atoms with Crippen molar-refractivity contribution in [3.8, 4) is 0 Å². The first-order valence-electron chi connectivity index (χ1n) is 16.1. The molecule has 1 aliphatic heterocycles. The zero-order valence-corrected chi connectivity index (χ0v) is 27.4. The molecule has 0 spiro atoms. The average Bonchev–Trinajstić information content (AvgIpc) is 2.96. The summed E-state index contributed by atoms with van der Waals surface area (Å²) in [6.07, 6.45) is 13.2. The average molecular weight is 621 g/mol. The topological polar surface area (TPSA) is 168 Å². The predicted molar refractivity (Wildman–Crippen MR) is 170 cm³/mol. The van der Waals surface area contributed by atoms with Crippen LogP contribution in [0.5, 0.6) is 0 Å². The third-order valence-corrected chi connectivity index (χ3v) is 8.06. The van der Waals surface area contributed by atoms with Gasteiger partial charge in [0.25, 0.3) is 0 Å². The van der Waals surface area contributed by atoms with E-state index in [0.29, 0.717) is 6.42 Å². The maximum absolute atomic E-state index is 13.3. The van der Waals surface area contributed by atoms with Crippen LogP contribution in [-0.2, 0) is 28.7 Å². The number of nitrogens with two attached hydrogens (primary N) is 1. The highest BCUT2D eigenvalue weighted by molar-refractivity contribution is 5.95. The fraction of sp³-hybridized carbons (Fsp3) is 0.727. The number of amides is 4. The van der Waals surface area contributed by atoms with Crippen molar-refractivity contribution in [2.45, 2.75) is 123 Å². The predicted octanol–water partition coefficient (Wildman–Crippen LogP) is 3.50. The number of primary amides is 1. The molecule has 0 radical (unpaired) electrons. The number of hydrogen-bond acceptors (Lipinski definition) is 7. The molecule has 0 saturated heterocycles. The summed E-state index contributed by atoms with van der Waals surface area (Å²) in [4.78, 5) is 64.2. The summed E-state index contributed by atoms with van der Waals surface area (Å²) in [7, 11) is 1.35. The van der Waals surface area contributed by atoms with E-state index >= 15 is 0 Å². The van der Waals surface area contributed by atoms with Crippen LogP contribution in [0.3, 0.4) is 0 Å². The summed E-state index contributed by atoms with van der Waals surface area (Å²) in [5.74, 6) is -4.56. The number of allylic oxidation sites excluding steroid dienone is 1. The van der Waals surface area contributed by atoms with E-state index in [-0.39, 0.29) is 11.6 Å². The van der Waals surface area contributed by atoms with Crippen molar-refractivity contribution in [1.82, 2.24) is 15.5 Å². The quantitative estimate of drug-likeness (QED) is 0.151. The van der Waals surface area contributed by atoms with Crippen molar-refractivity contribution in [2.24, 2.45) is 23.5 Å². The minimum atomic E-state index is -2.08. The number of rotatable bonds is 16. The molecule has 0 aliphatic carbocycles. The Kier molecular flexibility index (Phi) is 18.3. The molecule has 11 nitrogen and oxygen atoms in total. The molecule has 0 aromatic heterocycles. The van der Waals surface area contributed by atoms with Crippen molar-refractivity contribution < 1.29 is 33.8 Å². The molecular formula is C33H56N4O7. The van der Waals surface area contributed by atoms with Gasteiger partial charge in [-0.2, -0.15) is 0 Å². The van der Waals surface area contributed by atoms with Gasteiger partial charge in [0, 0.05) is 18.8 Å². The van der Waals surface area contributed by atoms with Gasteiger partial charge in [-0.25, -0.2) is 4.79 Å². The minimum absolute atomic E-state index is 0.151. The highest BCUT2D eigenvalue weighted by atomic mass is 16.5. The fourth-order valence-corrected chi connectivity index (χ4v) is 5.22. The van der Waals surface area contributed by atoms with Crippen LogP contribution in [0, 0.1) is 17.8 Å².